The number of benzene rings is 2. The smallest absolute Gasteiger partial charge is 0.270 e. The number of aromatic nitrogens is 1. The van der Waals surface area contributed by atoms with Crippen LogP contribution in [0, 0.1) is 10.1 Å². The highest BCUT2D eigenvalue weighted by atomic mass is 35.5. The van der Waals surface area contributed by atoms with Crippen molar-refractivity contribution in [2.24, 2.45) is 0 Å². The normalized spacial score (nSPS) is 11.2. The van der Waals surface area contributed by atoms with Crippen LogP contribution in [0.2, 0.25) is 5.02 Å². The lowest BCUT2D eigenvalue weighted by Gasteiger charge is -1.98. The Bertz CT molecular complexity index is 972. The molecule has 3 aromatic rings. The fourth-order valence-electron chi connectivity index (χ4n) is 2.51. The summed E-state index contributed by atoms with van der Waals surface area (Å²) in [4.78, 5) is 22.4. The summed E-state index contributed by atoms with van der Waals surface area (Å²) in [6.07, 6.45) is 5.38. The first-order valence-electron chi connectivity index (χ1n) is 7.20. The zero-order valence-corrected chi connectivity index (χ0v) is 13.5. The van der Waals surface area contributed by atoms with Crippen molar-refractivity contribution in [3.8, 4) is 0 Å². The van der Waals surface area contributed by atoms with E-state index in [1.165, 1.54) is 23.6 Å². The molecular formula is C18H13ClN2O3. The summed E-state index contributed by atoms with van der Waals surface area (Å²) in [6.45, 7) is 1.45. The van der Waals surface area contributed by atoms with Gasteiger partial charge < -0.3 is 0 Å². The van der Waals surface area contributed by atoms with E-state index in [9.17, 15) is 14.9 Å². The van der Waals surface area contributed by atoms with E-state index >= 15 is 0 Å². The van der Waals surface area contributed by atoms with Crippen LogP contribution < -0.4 is 0 Å². The fourth-order valence-corrected chi connectivity index (χ4v) is 2.64. The summed E-state index contributed by atoms with van der Waals surface area (Å²) in [6, 6.07) is 11.8. The molecule has 120 valence electrons. The molecule has 0 aliphatic rings. The van der Waals surface area contributed by atoms with Crippen molar-refractivity contribution in [2.75, 3.05) is 0 Å². The van der Waals surface area contributed by atoms with Crippen molar-refractivity contribution in [3.05, 3.63) is 74.9 Å². The molecule has 0 N–H and O–H groups in total. The molecule has 5 nitrogen and oxygen atoms in total. The molecule has 2 aromatic carbocycles. The molecule has 0 atom stereocenters. The second-order valence-electron chi connectivity index (χ2n) is 5.32. The van der Waals surface area contributed by atoms with Crippen LogP contribution in [0.3, 0.4) is 0 Å². The number of hydrogen-bond acceptors (Lipinski definition) is 3. The number of nitro groups is 1. The Morgan fingerprint density at radius 2 is 1.88 bits per heavy atom. The van der Waals surface area contributed by atoms with Gasteiger partial charge in [-0.1, -0.05) is 35.9 Å². The van der Waals surface area contributed by atoms with Crippen molar-refractivity contribution >= 4 is 46.3 Å². The average Bonchev–Trinajstić information content (AvgIpc) is 2.92. The number of fused-ring (bicyclic) bond motifs is 1. The highest BCUT2D eigenvalue weighted by Crippen LogP contribution is 2.27. The van der Waals surface area contributed by atoms with Gasteiger partial charge in [0.1, 0.15) is 0 Å². The molecule has 0 aliphatic carbocycles. The second-order valence-corrected chi connectivity index (χ2v) is 5.75. The Balaban J connectivity index is 2.11. The predicted molar refractivity (Wildman–Crippen MR) is 95.3 cm³/mol. The summed E-state index contributed by atoms with van der Waals surface area (Å²) >= 11 is 5.86. The largest absolute Gasteiger partial charge is 0.287 e. The Hall–Kier alpha value is -2.92. The van der Waals surface area contributed by atoms with Crippen molar-refractivity contribution < 1.29 is 9.72 Å². The summed E-state index contributed by atoms with van der Waals surface area (Å²) in [5.74, 6) is -0.153. The first-order chi connectivity index (χ1) is 11.5. The van der Waals surface area contributed by atoms with E-state index in [4.69, 9.17) is 11.6 Å². The third-order valence-corrected chi connectivity index (χ3v) is 3.95. The molecular weight excluding hydrogens is 328 g/mol. The third kappa shape index (κ3) is 3.07. The molecule has 0 saturated heterocycles. The number of halogens is 1. The molecule has 0 unspecified atom stereocenters. The maximum Gasteiger partial charge on any atom is 0.270 e. The lowest BCUT2D eigenvalue weighted by Crippen LogP contribution is -2.02. The SMILES string of the molecule is CC(=O)n1cc(C=Cc2ccc(Cl)cc2)c2cc([N+](=O)[O-])ccc21. The Morgan fingerprint density at radius 1 is 1.17 bits per heavy atom. The molecule has 24 heavy (non-hydrogen) atoms. The molecule has 1 aromatic heterocycles. The number of nitrogens with zero attached hydrogens (tertiary/aromatic N) is 2. The van der Waals surface area contributed by atoms with E-state index in [2.05, 4.69) is 0 Å². The molecule has 3 rings (SSSR count). The Labute approximate surface area is 142 Å². The minimum Gasteiger partial charge on any atom is -0.287 e. The van der Waals surface area contributed by atoms with Gasteiger partial charge in [-0.2, -0.15) is 0 Å². The molecule has 0 fully saturated rings. The van der Waals surface area contributed by atoms with Gasteiger partial charge in [-0.25, -0.2) is 0 Å². The fraction of sp³-hybridized carbons (Fsp3) is 0.0556. The molecule has 0 amide bonds. The summed E-state index contributed by atoms with van der Waals surface area (Å²) in [5.41, 5.74) is 2.31. The van der Waals surface area contributed by atoms with Gasteiger partial charge in [0.2, 0.25) is 5.91 Å². The highest BCUT2D eigenvalue weighted by molar-refractivity contribution is 6.30. The van der Waals surface area contributed by atoms with Gasteiger partial charge in [0.25, 0.3) is 5.69 Å². The van der Waals surface area contributed by atoms with Gasteiger partial charge >= 0.3 is 0 Å². The first-order valence-corrected chi connectivity index (χ1v) is 7.57. The van der Waals surface area contributed by atoms with Gasteiger partial charge in [0.05, 0.1) is 10.4 Å². The number of non-ortho nitro benzene ring substituents is 1. The maximum atomic E-state index is 11.8. The molecule has 0 bridgehead atoms. The van der Waals surface area contributed by atoms with Crippen LogP contribution in [0.25, 0.3) is 23.1 Å². The zero-order chi connectivity index (χ0) is 17.3. The van der Waals surface area contributed by atoms with Crippen LogP contribution in [0.1, 0.15) is 22.8 Å². The minimum atomic E-state index is -0.447. The molecule has 0 spiro atoms. The molecule has 1 heterocycles. The van der Waals surface area contributed by atoms with Crippen molar-refractivity contribution in [3.63, 3.8) is 0 Å². The van der Waals surface area contributed by atoms with Crippen LogP contribution in [-0.2, 0) is 0 Å². The quantitative estimate of drug-likeness (QED) is 0.496. The van der Waals surface area contributed by atoms with Crippen molar-refractivity contribution in [1.29, 1.82) is 0 Å². The average molecular weight is 341 g/mol. The number of hydrogen-bond donors (Lipinski definition) is 0. The minimum absolute atomic E-state index is 0.00931. The van der Waals surface area contributed by atoms with E-state index in [0.29, 0.717) is 15.9 Å². The number of carbonyl (C=O) groups is 1. The van der Waals surface area contributed by atoms with E-state index in [1.54, 1.807) is 24.4 Å². The van der Waals surface area contributed by atoms with Crippen LogP contribution in [-0.4, -0.2) is 15.4 Å². The van der Waals surface area contributed by atoms with Gasteiger partial charge in [-0.05, 0) is 23.8 Å². The van der Waals surface area contributed by atoms with E-state index in [-0.39, 0.29) is 11.6 Å². The highest BCUT2D eigenvalue weighted by Gasteiger charge is 2.14. The Morgan fingerprint density at radius 3 is 2.50 bits per heavy atom. The zero-order valence-electron chi connectivity index (χ0n) is 12.8. The first kappa shape index (κ1) is 16.0. The standard InChI is InChI=1S/C18H13ClN2O3/c1-12(22)20-11-14(5-2-13-3-6-15(19)7-4-13)17-10-16(21(23)24)8-9-18(17)20/h2-11H,1H3. The van der Waals surface area contributed by atoms with Crippen LogP contribution in [0.5, 0.6) is 0 Å². The van der Waals surface area contributed by atoms with E-state index < -0.39 is 4.92 Å². The lowest BCUT2D eigenvalue weighted by atomic mass is 10.1. The monoisotopic (exact) mass is 340 g/mol. The Kier molecular flexibility index (Phi) is 4.18. The van der Waals surface area contributed by atoms with Gasteiger partial charge in [0.15, 0.2) is 0 Å². The summed E-state index contributed by atoms with van der Waals surface area (Å²) in [5, 5.41) is 12.3. The number of carbonyl (C=O) groups excluding carboxylic acids is 1. The molecule has 0 saturated carbocycles. The predicted octanol–water partition coefficient (Wildman–Crippen LogP) is 5.03. The second kappa shape index (κ2) is 6.29. The third-order valence-electron chi connectivity index (χ3n) is 3.69. The van der Waals surface area contributed by atoms with E-state index in [1.807, 2.05) is 24.3 Å². The molecule has 0 aliphatic heterocycles. The lowest BCUT2D eigenvalue weighted by molar-refractivity contribution is -0.384. The molecule has 0 radical (unpaired) electrons. The van der Waals surface area contributed by atoms with Gasteiger partial charge in [-0.15, -0.1) is 0 Å². The number of rotatable bonds is 3. The summed E-state index contributed by atoms with van der Waals surface area (Å²) in [7, 11) is 0. The van der Waals surface area contributed by atoms with Gasteiger partial charge in [0, 0.05) is 41.2 Å². The maximum absolute atomic E-state index is 11.8. The summed E-state index contributed by atoms with van der Waals surface area (Å²) < 4.78 is 1.49. The van der Waals surface area contributed by atoms with Crippen molar-refractivity contribution in [2.45, 2.75) is 6.92 Å². The van der Waals surface area contributed by atoms with Crippen LogP contribution >= 0.6 is 11.6 Å². The van der Waals surface area contributed by atoms with Crippen LogP contribution in [0.15, 0.2) is 48.7 Å². The van der Waals surface area contributed by atoms with E-state index in [0.717, 1.165) is 11.1 Å². The van der Waals surface area contributed by atoms with Crippen molar-refractivity contribution in [1.82, 2.24) is 4.57 Å². The molecule has 6 heteroatoms. The number of nitro benzene ring substituents is 1. The van der Waals surface area contributed by atoms with Gasteiger partial charge in [-0.3, -0.25) is 19.5 Å². The van der Waals surface area contributed by atoms with Crippen LogP contribution in [0.4, 0.5) is 5.69 Å². The topological polar surface area (TPSA) is 65.1 Å².